The number of nitrogens with zero attached hydrogens (tertiary/aromatic N) is 3. The zero-order valence-electron chi connectivity index (χ0n) is 9.55. The van der Waals surface area contributed by atoms with E-state index in [1.54, 1.807) is 6.20 Å². The fraction of sp³-hybridized carbons (Fsp3) is 0.0769. The van der Waals surface area contributed by atoms with Gasteiger partial charge < -0.3 is 5.73 Å². The molecule has 18 heavy (non-hydrogen) atoms. The van der Waals surface area contributed by atoms with Gasteiger partial charge in [0.15, 0.2) is 5.65 Å². The van der Waals surface area contributed by atoms with Gasteiger partial charge in [-0.25, -0.2) is 9.97 Å². The Morgan fingerprint density at radius 2 is 1.94 bits per heavy atom. The molecular formula is C13H11ClN4. The number of hydrogen-bond donors (Lipinski definition) is 1. The van der Waals surface area contributed by atoms with Crippen molar-refractivity contribution in [3.63, 3.8) is 0 Å². The summed E-state index contributed by atoms with van der Waals surface area (Å²) in [5.74, 6) is 0.471. The van der Waals surface area contributed by atoms with Crippen LogP contribution in [0.4, 0.5) is 5.95 Å². The number of halogens is 1. The van der Waals surface area contributed by atoms with Crippen molar-refractivity contribution in [1.29, 1.82) is 0 Å². The first-order chi connectivity index (χ1) is 8.74. The first-order valence-corrected chi connectivity index (χ1v) is 5.93. The van der Waals surface area contributed by atoms with E-state index in [2.05, 4.69) is 9.97 Å². The number of aromatic nitrogens is 3. The van der Waals surface area contributed by atoms with Crippen LogP contribution in [-0.2, 0) is 6.54 Å². The number of benzene rings is 1. The van der Waals surface area contributed by atoms with E-state index in [4.69, 9.17) is 17.3 Å². The summed E-state index contributed by atoms with van der Waals surface area (Å²) < 4.78 is 1.89. The molecule has 0 atom stereocenters. The highest BCUT2D eigenvalue weighted by molar-refractivity contribution is 6.30. The average Bonchev–Trinajstić information content (AvgIpc) is 2.69. The van der Waals surface area contributed by atoms with E-state index < -0.39 is 0 Å². The molecule has 0 amide bonds. The van der Waals surface area contributed by atoms with Gasteiger partial charge in [-0.05, 0) is 29.8 Å². The second-order valence-corrected chi connectivity index (χ2v) is 4.47. The molecule has 0 aliphatic carbocycles. The van der Waals surface area contributed by atoms with Gasteiger partial charge in [-0.2, -0.15) is 0 Å². The number of rotatable bonds is 2. The average molecular weight is 259 g/mol. The summed E-state index contributed by atoms with van der Waals surface area (Å²) in [4.78, 5) is 8.59. The fourth-order valence-corrected chi connectivity index (χ4v) is 2.03. The fourth-order valence-electron chi connectivity index (χ4n) is 1.90. The van der Waals surface area contributed by atoms with Crippen molar-refractivity contribution >= 4 is 28.7 Å². The Kier molecular flexibility index (Phi) is 2.64. The van der Waals surface area contributed by atoms with E-state index in [0.717, 1.165) is 21.7 Å². The molecule has 0 bridgehead atoms. The molecule has 2 aromatic heterocycles. The lowest BCUT2D eigenvalue weighted by Crippen LogP contribution is -2.05. The number of fused-ring (bicyclic) bond motifs is 1. The van der Waals surface area contributed by atoms with Crippen molar-refractivity contribution in [2.24, 2.45) is 0 Å². The Bertz CT molecular complexity index is 688. The smallest absolute Gasteiger partial charge is 0.202 e. The largest absolute Gasteiger partial charge is 0.369 e. The minimum Gasteiger partial charge on any atom is -0.369 e. The molecule has 1 aromatic carbocycles. The molecule has 5 heteroatoms. The summed E-state index contributed by atoms with van der Waals surface area (Å²) >= 11 is 5.86. The first kappa shape index (κ1) is 11.0. The molecule has 4 nitrogen and oxygen atoms in total. The van der Waals surface area contributed by atoms with E-state index >= 15 is 0 Å². The normalized spacial score (nSPS) is 10.9. The summed E-state index contributed by atoms with van der Waals surface area (Å²) in [6, 6.07) is 11.4. The maximum absolute atomic E-state index is 5.92. The van der Waals surface area contributed by atoms with Crippen LogP contribution in [-0.4, -0.2) is 14.5 Å². The van der Waals surface area contributed by atoms with E-state index in [0.29, 0.717) is 12.5 Å². The highest BCUT2D eigenvalue weighted by Crippen LogP contribution is 2.18. The van der Waals surface area contributed by atoms with Crippen LogP contribution in [0.3, 0.4) is 0 Å². The van der Waals surface area contributed by atoms with Gasteiger partial charge in [-0.15, -0.1) is 0 Å². The monoisotopic (exact) mass is 258 g/mol. The third-order valence-corrected chi connectivity index (χ3v) is 3.04. The molecular weight excluding hydrogens is 248 g/mol. The molecule has 0 saturated heterocycles. The van der Waals surface area contributed by atoms with Crippen molar-refractivity contribution in [2.75, 3.05) is 5.73 Å². The van der Waals surface area contributed by atoms with Gasteiger partial charge >= 0.3 is 0 Å². The lowest BCUT2D eigenvalue weighted by Gasteiger charge is -2.05. The van der Waals surface area contributed by atoms with Crippen LogP contribution in [0.15, 0.2) is 42.6 Å². The maximum Gasteiger partial charge on any atom is 0.202 e. The second-order valence-electron chi connectivity index (χ2n) is 4.03. The standard InChI is InChI=1S/C13H11ClN4/c14-10-5-3-9(4-6-10)8-18-12-11(17-13(18)15)2-1-7-16-12/h1-7H,8H2,(H2,15,17). The van der Waals surface area contributed by atoms with Crippen LogP contribution in [0.1, 0.15) is 5.56 Å². The zero-order chi connectivity index (χ0) is 12.5. The Morgan fingerprint density at radius 3 is 2.72 bits per heavy atom. The number of anilines is 1. The lowest BCUT2D eigenvalue weighted by molar-refractivity contribution is 0.828. The van der Waals surface area contributed by atoms with Crippen molar-refractivity contribution in [1.82, 2.24) is 14.5 Å². The summed E-state index contributed by atoms with van der Waals surface area (Å²) in [7, 11) is 0. The molecule has 2 heterocycles. The van der Waals surface area contributed by atoms with Crippen molar-refractivity contribution in [2.45, 2.75) is 6.54 Å². The third-order valence-electron chi connectivity index (χ3n) is 2.79. The number of pyridine rings is 1. The topological polar surface area (TPSA) is 56.7 Å². The second kappa shape index (κ2) is 4.31. The molecule has 0 fully saturated rings. The molecule has 0 unspecified atom stereocenters. The zero-order valence-corrected chi connectivity index (χ0v) is 10.3. The van der Waals surface area contributed by atoms with Gasteiger partial charge in [0.1, 0.15) is 5.52 Å². The number of nitrogen functional groups attached to an aromatic ring is 1. The van der Waals surface area contributed by atoms with Crippen molar-refractivity contribution < 1.29 is 0 Å². The molecule has 3 aromatic rings. The van der Waals surface area contributed by atoms with E-state index in [9.17, 15) is 0 Å². The van der Waals surface area contributed by atoms with E-state index in [1.165, 1.54) is 0 Å². The van der Waals surface area contributed by atoms with Gasteiger partial charge in [0.2, 0.25) is 5.95 Å². The van der Waals surface area contributed by atoms with Gasteiger partial charge in [0, 0.05) is 11.2 Å². The quantitative estimate of drug-likeness (QED) is 0.769. The van der Waals surface area contributed by atoms with Crippen LogP contribution >= 0.6 is 11.6 Å². The molecule has 3 rings (SSSR count). The summed E-state index contributed by atoms with van der Waals surface area (Å²) in [5.41, 5.74) is 8.63. The van der Waals surface area contributed by atoms with Crippen LogP contribution < -0.4 is 5.73 Å². The molecule has 90 valence electrons. The highest BCUT2D eigenvalue weighted by atomic mass is 35.5. The van der Waals surface area contributed by atoms with Gasteiger partial charge in [-0.1, -0.05) is 23.7 Å². The van der Waals surface area contributed by atoms with Gasteiger partial charge in [0.25, 0.3) is 0 Å². The van der Waals surface area contributed by atoms with Gasteiger partial charge in [-0.3, -0.25) is 4.57 Å². The summed E-state index contributed by atoms with van der Waals surface area (Å²) in [6.45, 7) is 0.635. The predicted molar refractivity (Wildman–Crippen MR) is 72.5 cm³/mol. The Labute approximate surface area is 109 Å². The number of hydrogen-bond acceptors (Lipinski definition) is 3. The Morgan fingerprint density at radius 1 is 1.17 bits per heavy atom. The third kappa shape index (κ3) is 1.91. The highest BCUT2D eigenvalue weighted by Gasteiger charge is 2.08. The number of nitrogens with two attached hydrogens (primary N) is 1. The van der Waals surface area contributed by atoms with E-state index in [1.807, 2.05) is 41.0 Å². The van der Waals surface area contributed by atoms with Crippen molar-refractivity contribution in [3.8, 4) is 0 Å². The van der Waals surface area contributed by atoms with Crippen LogP contribution in [0.25, 0.3) is 11.2 Å². The first-order valence-electron chi connectivity index (χ1n) is 5.55. The van der Waals surface area contributed by atoms with Crippen LogP contribution in [0.2, 0.25) is 5.02 Å². The maximum atomic E-state index is 5.92. The molecule has 0 spiro atoms. The van der Waals surface area contributed by atoms with Crippen LogP contribution in [0, 0.1) is 0 Å². The lowest BCUT2D eigenvalue weighted by atomic mass is 10.2. The SMILES string of the molecule is Nc1nc2cccnc2n1Cc1ccc(Cl)cc1. The summed E-state index contributed by atoms with van der Waals surface area (Å²) in [6.07, 6.45) is 1.74. The minimum absolute atomic E-state index is 0.471. The predicted octanol–water partition coefficient (Wildman–Crippen LogP) is 2.72. The Balaban J connectivity index is 2.04. The molecule has 0 saturated carbocycles. The number of imidazole rings is 1. The molecule has 0 radical (unpaired) electrons. The molecule has 0 aliphatic heterocycles. The van der Waals surface area contributed by atoms with E-state index in [-0.39, 0.29) is 0 Å². The molecule has 0 aliphatic rings. The van der Waals surface area contributed by atoms with Crippen LogP contribution in [0.5, 0.6) is 0 Å². The van der Waals surface area contributed by atoms with Crippen molar-refractivity contribution in [3.05, 3.63) is 53.2 Å². The Hall–Kier alpha value is -2.07. The minimum atomic E-state index is 0.471. The molecule has 2 N–H and O–H groups in total. The summed E-state index contributed by atoms with van der Waals surface area (Å²) in [5, 5.41) is 0.723. The van der Waals surface area contributed by atoms with Gasteiger partial charge in [0.05, 0.1) is 6.54 Å².